The van der Waals surface area contributed by atoms with Crippen LogP contribution in [0.5, 0.6) is 0 Å². The number of rotatable bonds is 1. The van der Waals surface area contributed by atoms with Crippen LogP contribution in [0.2, 0.25) is 5.02 Å². The Morgan fingerprint density at radius 3 is 1.56 bits per heavy atom. The van der Waals surface area contributed by atoms with Crippen LogP contribution in [-0.4, -0.2) is 11.8 Å². The maximum Gasteiger partial charge on any atom is 0.417 e. The molecule has 3 aromatic carbocycles. The van der Waals surface area contributed by atoms with Gasteiger partial charge in [0.15, 0.2) is 0 Å². The summed E-state index contributed by atoms with van der Waals surface area (Å²) >= 11 is 13.5. The molecule has 3 aromatic rings. The van der Waals surface area contributed by atoms with E-state index in [-0.39, 0.29) is 5.69 Å². The van der Waals surface area contributed by atoms with Gasteiger partial charge in [0.05, 0.1) is 36.8 Å². The van der Waals surface area contributed by atoms with E-state index in [9.17, 15) is 22.8 Å². The molecule has 0 spiro atoms. The van der Waals surface area contributed by atoms with Crippen molar-refractivity contribution in [2.75, 3.05) is 4.90 Å². The zero-order valence-electron chi connectivity index (χ0n) is 17.0. The Kier molecular flexibility index (Phi) is 4.56. The number of hydrogen-bond acceptors (Lipinski definition) is 2. The number of anilines is 1. The third-order valence-electron chi connectivity index (χ3n) is 7.10. The molecule has 34 heavy (non-hydrogen) atoms. The van der Waals surface area contributed by atoms with E-state index in [0.717, 1.165) is 39.3 Å². The highest BCUT2D eigenvalue weighted by Crippen LogP contribution is 2.70. The topological polar surface area (TPSA) is 37.4 Å². The average Bonchev–Trinajstić information content (AvgIpc) is 3.08. The molecule has 9 heteroatoms. The van der Waals surface area contributed by atoms with Gasteiger partial charge < -0.3 is 0 Å². The Bertz CT molecular complexity index is 1300. The molecule has 1 aliphatic heterocycles. The minimum atomic E-state index is -4.73. The maximum atomic E-state index is 13.9. The van der Waals surface area contributed by atoms with Crippen LogP contribution in [0.3, 0.4) is 0 Å². The molecule has 7 rings (SSSR count). The van der Waals surface area contributed by atoms with Crippen LogP contribution < -0.4 is 4.90 Å². The van der Waals surface area contributed by atoms with Gasteiger partial charge in [-0.3, -0.25) is 9.59 Å². The lowest BCUT2D eigenvalue weighted by Gasteiger charge is -2.55. The molecule has 172 valence electrons. The van der Waals surface area contributed by atoms with E-state index in [2.05, 4.69) is 31.9 Å². The Hall–Kier alpha value is -2.16. The zero-order chi connectivity index (χ0) is 24.2. The van der Waals surface area contributed by atoms with Gasteiger partial charge in [-0.2, -0.15) is 13.2 Å². The van der Waals surface area contributed by atoms with Crippen LogP contribution in [0.15, 0.2) is 66.7 Å². The summed E-state index contributed by atoms with van der Waals surface area (Å²) in [5, 5.41) is -0.499. The largest absolute Gasteiger partial charge is 0.417 e. The predicted octanol–water partition coefficient (Wildman–Crippen LogP) is 6.77. The second kappa shape index (κ2) is 6.95. The van der Waals surface area contributed by atoms with Gasteiger partial charge in [-0.1, -0.05) is 92.0 Å². The first kappa shape index (κ1) is 22.3. The van der Waals surface area contributed by atoms with E-state index in [1.54, 1.807) is 0 Å². The molecule has 2 bridgehead atoms. The number of hydrogen-bond donors (Lipinski definition) is 0. The minimum absolute atomic E-state index is 0.152. The van der Waals surface area contributed by atoms with Gasteiger partial charge in [-0.15, -0.1) is 0 Å². The van der Waals surface area contributed by atoms with Crippen LogP contribution in [0.1, 0.15) is 27.8 Å². The van der Waals surface area contributed by atoms with Gasteiger partial charge in [-0.25, -0.2) is 4.90 Å². The lowest BCUT2D eigenvalue weighted by Crippen LogP contribution is -2.56. The molecule has 0 unspecified atom stereocenters. The highest BCUT2D eigenvalue weighted by Gasteiger charge is 2.72. The van der Waals surface area contributed by atoms with Gasteiger partial charge in [-0.05, 0) is 40.5 Å². The van der Waals surface area contributed by atoms with E-state index in [1.165, 1.54) is 6.07 Å². The van der Waals surface area contributed by atoms with Crippen LogP contribution in [-0.2, 0) is 24.4 Å². The molecule has 3 nitrogen and oxygen atoms in total. The number of imide groups is 1. The van der Waals surface area contributed by atoms with E-state index < -0.39 is 49.1 Å². The summed E-state index contributed by atoms with van der Waals surface area (Å²) < 4.78 is 38.6. The number of nitrogens with zero attached hydrogens (tertiary/aromatic N) is 1. The summed E-state index contributed by atoms with van der Waals surface area (Å²) in [6, 6.07) is 18.2. The van der Waals surface area contributed by atoms with E-state index >= 15 is 0 Å². The second-order valence-corrected chi connectivity index (χ2v) is 11.6. The summed E-state index contributed by atoms with van der Waals surface area (Å²) in [4.78, 5) is 28.7. The van der Waals surface area contributed by atoms with Crippen LogP contribution in [0, 0.1) is 11.8 Å². The molecule has 1 saturated heterocycles. The second-order valence-electron chi connectivity index (χ2n) is 8.64. The lowest BCUT2D eigenvalue weighted by molar-refractivity contribution is -0.137. The molecule has 0 saturated carbocycles. The van der Waals surface area contributed by atoms with Gasteiger partial charge in [0.1, 0.15) is 0 Å². The third kappa shape index (κ3) is 2.54. The van der Waals surface area contributed by atoms with Crippen molar-refractivity contribution in [2.45, 2.75) is 14.8 Å². The molecule has 3 aliphatic carbocycles. The average molecular weight is 612 g/mol. The molecule has 4 aliphatic rings. The molecular formula is C25H13Br2ClF3NO2. The van der Waals surface area contributed by atoms with Crippen molar-refractivity contribution in [3.05, 3.63) is 99.6 Å². The van der Waals surface area contributed by atoms with Gasteiger partial charge in [0.25, 0.3) is 0 Å². The number of halogens is 6. The summed E-state index contributed by atoms with van der Waals surface area (Å²) in [6.45, 7) is 0. The fraction of sp³-hybridized carbons (Fsp3) is 0.200. The van der Waals surface area contributed by atoms with Crippen molar-refractivity contribution >= 4 is 61.0 Å². The molecule has 1 heterocycles. The molecule has 0 aromatic heterocycles. The number of alkyl halides is 5. The summed E-state index contributed by atoms with van der Waals surface area (Å²) in [7, 11) is 0. The van der Waals surface area contributed by atoms with Crippen LogP contribution in [0.25, 0.3) is 0 Å². The Morgan fingerprint density at radius 1 is 0.765 bits per heavy atom. The molecule has 2 atom stereocenters. The van der Waals surface area contributed by atoms with E-state index in [0.29, 0.717) is 0 Å². The van der Waals surface area contributed by atoms with E-state index in [4.69, 9.17) is 11.6 Å². The van der Waals surface area contributed by atoms with Crippen molar-refractivity contribution in [3.63, 3.8) is 0 Å². The molecular weight excluding hydrogens is 599 g/mol. The first-order valence-corrected chi connectivity index (χ1v) is 12.3. The minimum Gasteiger partial charge on any atom is -0.274 e. The maximum absolute atomic E-state index is 13.9. The summed E-state index contributed by atoms with van der Waals surface area (Å²) in [6.07, 6.45) is -4.73. The zero-order valence-corrected chi connectivity index (χ0v) is 21.0. The first-order chi connectivity index (χ1) is 16.0. The third-order valence-corrected chi connectivity index (χ3v) is 10.1. The SMILES string of the molecule is O=C1[C@@H]2[C@@H](C(=O)N1c1ccc(Cl)c(C(F)(F)F)c1)C1(Br)c3ccccc3C2(Br)c2ccccc21. The normalized spacial score (nSPS) is 29.2. The van der Waals surface area contributed by atoms with E-state index in [1.807, 2.05) is 48.5 Å². The summed E-state index contributed by atoms with van der Waals surface area (Å²) in [5.41, 5.74) is 2.15. The van der Waals surface area contributed by atoms with Gasteiger partial charge in [0, 0.05) is 0 Å². The van der Waals surface area contributed by atoms with Crippen LogP contribution in [0.4, 0.5) is 18.9 Å². The monoisotopic (exact) mass is 609 g/mol. The number of benzene rings is 3. The Morgan fingerprint density at radius 2 is 1.18 bits per heavy atom. The standard InChI is InChI=1S/C25H13Br2ClF3NO2/c26-23-13-5-1-2-6-14(13)24(27,16-8-4-3-7-15(16)23)20-19(23)21(33)32(22(20)34)12-9-10-18(28)17(11-12)25(29,30)31/h1-11,19-20H/t19-,20-,23?,24?/m0/s1. The predicted molar refractivity (Wildman–Crippen MR) is 128 cm³/mol. The smallest absolute Gasteiger partial charge is 0.274 e. The van der Waals surface area contributed by atoms with Crippen molar-refractivity contribution in [1.29, 1.82) is 0 Å². The number of carbonyl (C=O) groups is 2. The fourth-order valence-corrected chi connectivity index (χ4v) is 8.32. The Labute approximate surface area is 214 Å². The number of carbonyl (C=O) groups excluding carboxylic acids is 2. The highest BCUT2D eigenvalue weighted by molar-refractivity contribution is 9.10. The van der Waals surface area contributed by atoms with Crippen molar-refractivity contribution < 1.29 is 22.8 Å². The fourth-order valence-electron chi connectivity index (χ4n) is 5.79. The number of amides is 2. The molecule has 0 radical (unpaired) electrons. The summed E-state index contributed by atoms with van der Waals surface area (Å²) in [5.74, 6) is -2.85. The molecule has 1 fully saturated rings. The quantitative estimate of drug-likeness (QED) is 0.225. The van der Waals surface area contributed by atoms with Crippen molar-refractivity contribution in [1.82, 2.24) is 0 Å². The molecule has 0 N–H and O–H groups in total. The Balaban J connectivity index is 1.60. The van der Waals surface area contributed by atoms with Crippen molar-refractivity contribution in [2.24, 2.45) is 11.8 Å². The van der Waals surface area contributed by atoms with Crippen molar-refractivity contribution in [3.8, 4) is 0 Å². The van der Waals surface area contributed by atoms with Crippen LogP contribution >= 0.6 is 43.5 Å². The van der Waals surface area contributed by atoms with Gasteiger partial charge >= 0.3 is 6.18 Å². The first-order valence-electron chi connectivity index (χ1n) is 10.3. The lowest BCUT2D eigenvalue weighted by atomic mass is 9.54. The highest BCUT2D eigenvalue weighted by atomic mass is 79.9. The van der Waals surface area contributed by atoms with Gasteiger partial charge in [0.2, 0.25) is 11.8 Å². The molecule has 2 amide bonds.